The number of amides is 1. The molecule has 0 saturated heterocycles. The number of likely N-dealkylation sites (N-methyl/N-ethyl adjacent to an activating group) is 1. The van der Waals surface area contributed by atoms with E-state index in [1.807, 2.05) is 0 Å². The molecule has 0 aromatic carbocycles. The summed E-state index contributed by atoms with van der Waals surface area (Å²) in [4.78, 5) is 14.7. The van der Waals surface area contributed by atoms with Gasteiger partial charge in [-0.2, -0.15) is 0 Å². The minimum absolute atomic E-state index is 0.0249. The van der Waals surface area contributed by atoms with Gasteiger partial charge in [-0.3, -0.25) is 9.69 Å². The van der Waals surface area contributed by atoms with Crippen LogP contribution in [-0.2, 0) is 4.79 Å². The Bertz CT molecular complexity index is 324. The van der Waals surface area contributed by atoms with Crippen LogP contribution in [0.4, 0.5) is 0 Å². The Morgan fingerprint density at radius 3 is 2.59 bits per heavy atom. The number of nitrogens with one attached hydrogen (secondary N) is 1. The predicted octanol–water partition coefficient (Wildman–Crippen LogP) is 0.653. The smallest absolute Gasteiger partial charge is 0.233 e. The summed E-state index contributed by atoms with van der Waals surface area (Å²) in [6.45, 7) is 4.85. The number of carbonyl (C=O) groups excluding carboxylic acids is 1. The highest BCUT2D eigenvalue weighted by Crippen LogP contribution is 2.46. The summed E-state index contributed by atoms with van der Waals surface area (Å²) in [7, 11) is 0. The van der Waals surface area contributed by atoms with Crippen molar-refractivity contribution in [2.45, 2.75) is 38.6 Å². The molecule has 0 heterocycles. The molecule has 0 atom stereocenters. The Kier molecular flexibility index (Phi) is 3.68. The molecule has 0 aromatic heterocycles. The number of nitrogens with two attached hydrogens (primary N) is 1. The first kappa shape index (κ1) is 12.8. The second-order valence-corrected chi connectivity index (χ2v) is 5.50. The van der Waals surface area contributed by atoms with Gasteiger partial charge in [0, 0.05) is 19.1 Å². The van der Waals surface area contributed by atoms with E-state index < -0.39 is 5.41 Å². The van der Waals surface area contributed by atoms with Crippen LogP contribution in [-0.4, -0.2) is 41.5 Å². The third-order valence-corrected chi connectivity index (χ3v) is 4.20. The molecule has 17 heavy (non-hydrogen) atoms. The van der Waals surface area contributed by atoms with Crippen molar-refractivity contribution in [2.75, 3.05) is 19.6 Å². The zero-order valence-electron chi connectivity index (χ0n) is 10.4. The molecular formula is C12H21N3OS. The molecule has 0 unspecified atom stereocenters. The third-order valence-electron chi connectivity index (χ3n) is 3.81. The van der Waals surface area contributed by atoms with Crippen LogP contribution in [0.2, 0.25) is 0 Å². The van der Waals surface area contributed by atoms with Gasteiger partial charge in [-0.05, 0) is 32.2 Å². The highest BCUT2D eigenvalue weighted by atomic mass is 32.1. The molecule has 5 heteroatoms. The van der Waals surface area contributed by atoms with E-state index in [1.54, 1.807) is 0 Å². The minimum atomic E-state index is -0.508. The standard InChI is InChI=1S/C12H21N3OS/c1-2-15(9-3-4-9)8-7-14-11(16)12(5-6-12)10(13)17/h9H,2-8H2,1H3,(H2,13,17)(H,14,16). The molecule has 0 aliphatic heterocycles. The van der Waals surface area contributed by atoms with Crippen LogP contribution >= 0.6 is 12.2 Å². The summed E-state index contributed by atoms with van der Waals surface area (Å²) < 4.78 is 0. The minimum Gasteiger partial charge on any atom is -0.392 e. The van der Waals surface area contributed by atoms with Gasteiger partial charge in [-0.1, -0.05) is 19.1 Å². The molecule has 2 aliphatic carbocycles. The maximum absolute atomic E-state index is 11.9. The normalized spacial score (nSPS) is 21.3. The topological polar surface area (TPSA) is 58.4 Å². The van der Waals surface area contributed by atoms with Crippen molar-refractivity contribution in [2.24, 2.45) is 11.1 Å². The molecule has 3 N–H and O–H groups in total. The number of thiocarbonyl (C=S) groups is 1. The lowest BCUT2D eigenvalue weighted by Crippen LogP contribution is -2.43. The molecule has 0 spiro atoms. The van der Waals surface area contributed by atoms with Crippen molar-refractivity contribution in [1.29, 1.82) is 0 Å². The Morgan fingerprint density at radius 2 is 2.18 bits per heavy atom. The van der Waals surface area contributed by atoms with Crippen molar-refractivity contribution >= 4 is 23.1 Å². The molecule has 2 fully saturated rings. The number of hydrogen-bond donors (Lipinski definition) is 2. The molecule has 0 bridgehead atoms. The van der Waals surface area contributed by atoms with Crippen LogP contribution in [0.3, 0.4) is 0 Å². The van der Waals surface area contributed by atoms with Gasteiger partial charge in [0.05, 0.1) is 10.4 Å². The van der Waals surface area contributed by atoms with Crippen LogP contribution in [0.1, 0.15) is 32.6 Å². The number of hydrogen-bond acceptors (Lipinski definition) is 3. The van der Waals surface area contributed by atoms with Gasteiger partial charge in [-0.25, -0.2) is 0 Å². The van der Waals surface area contributed by atoms with Crippen LogP contribution in [0.25, 0.3) is 0 Å². The fourth-order valence-electron chi connectivity index (χ4n) is 2.23. The highest BCUT2D eigenvalue weighted by molar-refractivity contribution is 7.80. The molecule has 2 aliphatic rings. The van der Waals surface area contributed by atoms with Gasteiger partial charge in [-0.15, -0.1) is 0 Å². The van der Waals surface area contributed by atoms with Gasteiger partial charge < -0.3 is 11.1 Å². The van der Waals surface area contributed by atoms with E-state index in [4.69, 9.17) is 18.0 Å². The molecule has 0 radical (unpaired) electrons. The van der Waals surface area contributed by atoms with Crippen LogP contribution in [0.15, 0.2) is 0 Å². The van der Waals surface area contributed by atoms with Crippen molar-refractivity contribution in [3.63, 3.8) is 0 Å². The van der Waals surface area contributed by atoms with E-state index >= 15 is 0 Å². The van der Waals surface area contributed by atoms with Gasteiger partial charge >= 0.3 is 0 Å². The molecule has 2 saturated carbocycles. The molecule has 1 amide bonds. The Labute approximate surface area is 108 Å². The largest absolute Gasteiger partial charge is 0.392 e. The van der Waals surface area contributed by atoms with Gasteiger partial charge in [0.25, 0.3) is 0 Å². The monoisotopic (exact) mass is 255 g/mol. The third kappa shape index (κ3) is 2.77. The first-order chi connectivity index (χ1) is 8.10. The Balaban J connectivity index is 1.71. The lowest BCUT2D eigenvalue weighted by atomic mass is 10.1. The second kappa shape index (κ2) is 4.90. The van der Waals surface area contributed by atoms with E-state index in [0.717, 1.165) is 32.0 Å². The molecule has 0 aromatic rings. The average molecular weight is 255 g/mol. The lowest BCUT2D eigenvalue weighted by molar-refractivity contribution is -0.124. The van der Waals surface area contributed by atoms with Crippen LogP contribution < -0.4 is 11.1 Å². The highest BCUT2D eigenvalue weighted by Gasteiger charge is 2.52. The van der Waals surface area contributed by atoms with Crippen molar-refractivity contribution in [1.82, 2.24) is 10.2 Å². The summed E-state index contributed by atoms with van der Waals surface area (Å²) in [5.41, 5.74) is 5.10. The maximum Gasteiger partial charge on any atom is 0.233 e. The molecular weight excluding hydrogens is 234 g/mol. The summed E-state index contributed by atoms with van der Waals surface area (Å²) in [5, 5.41) is 2.97. The fourth-order valence-corrected chi connectivity index (χ4v) is 2.53. The molecule has 96 valence electrons. The first-order valence-corrected chi connectivity index (χ1v) is 6.83. The zero-order chi connectivity index (χ0) is 12.5. The van der Waals surface area contributed by atoms with E-state index in [-0.39, 0.29) is 5.91 Å². The number of carbonyl (C=O) groups is 1. The molecule has 4 nitrogen and oxygen atoms in total. The second-order valence-electron chi connectivity index (χ2n) is 5.06. The Morgan fingerprint density at radius 1 is 1.53 bits per heavy atom. The average Bonchev–Trinajstić information content (AvgIpc) is 3.17. The lowest BCUT2D eigenvalue weighted by Gasteiger charge is -2.21. The van der Waals surface area contributed by atoms with Crippen molar-refractivity contribution < 1.29 is 4.79 Å². The van der Waals surface area contributed by atoms with E-state index in [9.17, 15) is 4.79 Å². The first-order valence-electron chi connectivity index (χ1n) is 6.42. The summed E-state index contributed by atoms with van der Waals surface area (Å²) in [6.07, 6.45) is 4.24. The van der Waals surface area contributed by atoms with Crippen molar-refractivity contribution in [3.8, 4) is 0 Å². The zero-order valence-corrected chi connectivity index (χ0v) is 11.2. The quantitative estimate of drug-likeness (QED) is 0.656. The van der Waals surface area contributed by atoms with E-state index in [2.05, 4.69) is 17.1 Å². The number of rotatable bonds is 7. The SMILES string of the molecule is CCN(CCNC(=O)C1(C(N)=S)CC1)C1CC1. The predicted molar refractivity (Wildman–Crippen MR) is 71.7 cm³/mol. The van der Waals surface area contributed by atoms with Gasteiger partial charge in [0.2, 0.25) is 5.91 Å². The number of nitrogens with zero attached hydrogens (tertiary/aromatic N) is 1. The van der Waals surface area contributed by atoms with Crippen molar-refractivity contribution in [3.05, 3.63) is 0 Å². The van der Waals surface area contributed by atoms with Crippen LogP contribution in [0.5, 0.6) is 0 Å². The summed E-state index contributed by atoms with van der Waals surface area (Å²) in [6, 6.07) is 0.752. The van der Waals surface area contributed by atoms with E-state index in [0.29, 0.717) is 11.5 Å². The summed E-state index contributed by atoms with van der Waals surface area (Å²) in [5.74, 6) is 0.0249. The van der Waals surface area contributed by atoms with E-state index in [1.165, 1.54) is 12.8 Å². The molecule has 2 rings (SSSR count). The maximum atomic E-state index is 11.9. The Hall–Kier alpha value is -0.680. The fraction of sp³-hybridized carbons (Fsp3) is 0.833. The summed E-state index contributed by atoms with van der Waals surface area (Å²) >= 11 is 4.95. The van der Waals surface area contributed by atoms with Gasteiger partial charge in [0.15, 0.2) is 0 Å². The van der Waals surface area contributed by atoms with Gasteiger partial charge in [0.1, 0.15) is 0 Å². The van der Waals surface area contributed by atoms with Crippen LogP contribution in [0, 0.1) is 5.41 Å².